The summed E-state index contributed by atoms with van der Waals surface area (Å²) in [7, 11) is 1.47. The summed E-state index contributed by atoms with van der Waals surface area (Å²) >= 11 is 5.95. The molecule has 3 amide bonds. The van der Waals surface area contributed by atoms with Gasteiger partial charge in [0.1, 0.15) is 11.3 Å². The minimum atomic E-state index is -4.79. The number of primary amides is 1. The number of nitrogens with one attached hydrogen (secondary N) is 2. The van der Waals surface area contributed by atoms with Crippen molar-refractivity contribution in [1.82, 2.24) is 19.5 Å². The number of nitrogens with two attached hydrogens (primary N) is 1. The highest BCUT2D eigenvalue weighted by Crippen LogP contribution is 2.35. The van der Waals surface area contributed by atoms with E-state index in [2.05, 4.69) is 22.1 Å². The highest BCUT2D eigenvalue weighted by molar-refractivity contribution is 6.33. The lowest BCUT2D eigenvalue weighted by Crippen LogP contribution is -2.55. The summed E-state index contributed by atoms with van der Waals surface area (Å²) < 4.78 is 78.9. The molecule has 0 atom stereocenters. The van der Waals surface area contributed by atoms with Gasteiger partial charge in [0.25, 0.3) is 17.4 Å². The smallest absolute Gasteiger partial charge is 0.393 e. The van der Waals surface area contributed by atoms with E-state index in [0.29, 0.717) is 35.4 Å². The predicted molar refractivity (Wildman–Crippen MR) is 177 cm³/mol. The van der Waals surface area contributed by atoms with Crippen molar-refractivity contribution in [3.05, 3.63) is 73.9 Å². The van der Waals surface area contributed by atoms with Crippen LogP contribution in [0.5, 0.6) is 0 Å². The first-order chi connectivity index (χ1) is 24.1. The number of carbonyl (C=O) groups is 3. The van der Waals surface area contributed by atoms with Crippen LogP contribution >= 0.6 is 11.6 Å². The van der Waals surface area contributed by atoms with Crippen LogP contribution in [-0.2, 0) is 37.8 Å². The summed E-state index contributed by atoms with van der Waals surface area (Å²) in [5.41, 5.74) is 1.77. The number of hydrogen-bond acceptors (Lipinski definition) is 9. The number of carbonyl (C=O) groups excluding carboxylic acids is 3. The van der Waals surface area contributed by atoms with Crippen molar-refractivity contribution < 1.29 is 41.1 Å². The number of amides is 3. The molecule has 2 aromatic rings. The van der Waals surface area contributed by atoms with Crippen molar-refractivity contribution >= 4 is 47.4 Å². The van der Waals surface area contributed by atoms with Crippen LogP contribution in [0.2, 0.25) is 5.02 Å². The zero-order valence-electron chi connectivity index (χ0n) is 27.5. The molecule has 51 heavy (non-hydrogen) atoms. The van der Waals surface area contributed by atoms with Crippen LogP contribution < -0.4 is 32.4 Å². The van der Waals surface area contributed by atoms with Gasteiger partial charge in [0.2, 0.25) is 5.62 Å². The summed E-state index contributed by atoms with van der Waals surface area (Å²) in [4.78, 5) is 59.2. The van der Waals surface area contributed by atoms with E-state index >= 15 is 8.78 Å². The number of nitrogens with zero attached hydrogens (tertiary/aromatic N) is 6. The lowest BCUT2D eigenvalue weighted by molar-refractivity contribution is -0.156. The van der Waals surface area contributed by atoms with Crippen molar-refractivity contribution in [2.45, 2.75) is 32.0 Å². The van der Waals surface area contributed by atoms with E-state index in [1.165, 1.54) is 23.8 Å². The Morgan fingerprint density at radius 1 is 1.14 bits per heavy atom. The number of halogens is 6. The van der Waals surface area contributed by atoms with Crippen LogP contribution in [0.3, 0.4) is 0 Å². The number of ether oxygens (including phenoxy) is 1. The van der Waals surface area contributed by atoms with Crippen LogP contribution in [0.15, 0.2) is 56.5 Å². The summed E-state index contributed by atoms with van der Waals surface area (Å²) in [5.74, 6) is -3.66. The van der Waals surface area contributed by atoms with E-state index in [1.54, 1.807) is 6.08 Å². The van der Waals surface area contributed by atoms with Crippen molar-refractivity contribution in [2.75, 3.05) is 63.2 Å². The number of alkyl halides is 5. The third kappa shape index (κ3) is 8.30. The topological polar surface area (TPSA) is 169 Å². The zero-order chi connectivity index (χ0) is 37.7. The first kappa shape index (κ1) is 38.8. The van der Waals surface area contributed by atoms with Crippen LogP contribution in [0.4, 0.5) is 33.3 Å². The van der Waals surface area contributed by atoms with Gasteiger partial charge in [-0.15, -0.1) is 0 Å². The summed E-state index contributed by atoms with van der Waals surface area (Å²) in [6, 6.07) is -2.77. The minimum Gasteiger partial charge on any atom is -0.393 e. The highest BCUT2D eigenvalue weighted by atomic mass is 35.5. The van der Waals surface area contributed by atoms with E-state index < -0.39 is 57.4 Å². The van der Waals surface area contributed by atoms with Crippen LogP contribution in [-0.4, -0.2) is 91.6 Å². The molecule has 0 unspecified atom stereocenters. The van der Waals surface area contributed by atoms with Crippen LogP contribution in [0, 0.1) is 0 Å². The summed E-state index contributed by atoms with van der Waals surface area (Å²) in [6.45, 7) is 5.02. The van der Waals surface area contributed by atoms with Crippen molar-refractivity contribution in [1.29, 1.82) is 0 Å². The molecule has 4 N–H and O–H groups in total. The Morgan fingerprint density at radius 3 is 2.35 bits per heavy atom. The number of anilines is 2. The van der Waals surface area contributed by atoms with Crippen molar-refractivity contribution in [3.63, 3.8) is 0 Å². The van der Waals surface area contributed by atoms with E-state index in [0.717, 1.165) is 12.3 Å². The van der Waals surface area contributed by atoms with Crippen molar-refractivity contribution in [2.24, 2.45) is 15.8 Å². The van der Waals surface area contributed by atoms with Gasteiger partial charge < -0.3 is 30.9 Å². The molecule has 14 nitrogen and oxygen atoms in total. The van der Waals surface area contributed by atoms with Gasteiger partial charge in [0.05, 0.1) is 41.7 Å². The highest BCUT2D eigenvalue weighted by Gasteiger charge is 2.46. The maximum absolute atomic E-state index is 16.6. The fourth-order valence-electron chi connectivity index (χ4n) is 5.50. The molecule has 1 saturated heterocycles. The second-order valence-corrected chi connectivity index (χ2v) is 11.6. The van der Waals surface area contributed by atoms with E-state index in [-0.39, 0.29) is 67.3 Å². The fraction of sp³-hybridized carbons (Fsp3) is 0.419. The number of benzene rings is 1. The second-order valence-electron chi connectivity index (χ2n) is 11.2. The molecular weight excluding hydrogens is 709 g/mol. The van der Waals surface area contributed by atoms with Gasteiger partial charge in [0.15, 0.2) is 0 Å². The average molecular weight is 744 g/mol. The van der Waals surface area contributed by atoms with Crippen molar-refractivity contribution in [3.8, 4) is 0 Å². The third-order valence-electron chi connectivity index (χ3n) is 8.05. The monoisotopic (exact) mass is 743 g/mol. The Hall–Kier alpha value is -5.04. The van der Waals surface area contributed by atoms with E-state index in [9.17, 15) is 32.3 Å². The quantitative estimate of drug-likeness (QED) is 0.0791. The predicted octanol–water partition coefficient (Wildman–Crippen LogP) is 2.02. The van der Waals surface area contributed by atoms with Crippen LogP contribution in [0.25, 0.3) is 0 Å². The van der Waals surface area contributed by atoms with Gasteiger partial charge >= 0.3 is 18.1 Å². The van der Waals surface area contributed by atoms with Gasteiger partial charge in [-0.05, 0) is 36.6 Å². The molecule has 2 aliphatic heterocycles. The molecule has 3 heterocycles. The van der Waals surface area contributed by atoms with Gasteiger partial charge in [-0.2, -0.15) is 31.7 Å². The Balaban J connectivity index is 1.84. The average Bonchev–Trinajstić information content (AvgIpc) is 3.09. The molecule has 0 saturated carbocycles. The summed E-state index contributed by atoms with van der Waals surface area (Å²) in [5, 5.41) is 7.49. The van der Waals surface area contributed by atoms with E-state index in [1.807, 2.05) is 5.32 Å². The molecular formula is C31H35ClF5N9O5. The Morgan fingerprint density at radius 2 is 1.82 bits per heavy atom. The second kappa shape index (κ2) is 15.9. The largest absolute Gasteiger partial charge is 0.416 e. The molecule has 1 aromatic heterocycles. The minimum absolute atomic E-state index is 0.0526. The molecule has 0 spiro atoms. The van der Waals surface area contributed by atoms with Gasteiger partial charge in [-0.1, -0.05) is 24.6 Å². The Labute approximate surface area is 292 Å². The number of hydrogen-bond donors (Lipinski definition) is 3. The molecule has 1 aromatic carbocycles. The van der Waals surface area contributed by atoms with Crippen LogP contribution in [0.1, 0.15) is 24.6 Å². The first-order valence-electron chi connectivity index (χ1n) is 15.5. The molecule has 2 aliphatic rings. The fourth-order valence-corrected chi connectivity index (χ4v) is 5.73. The first-order valence-corrected chi connectivity index (χ1v) is 15.9. The molecule has 0 aliphatic carbocycles. The third-order valence-corrected chi connectivity index (χ3v) is 8.36. The molecule has 0 bridgehead atoms. The lowest BCUT2D eigenvalue weighted by Gasteiger charge is -2.37. The zero-order valence-corrected chi connectivity index (χ0v) is 28.3. The molecule has 0 radical (unpaired) electrons. The van der Waals surface area contributed by atoms with Gasteiger partial charge in [-0.25, -0.2) is 9.56 Å². The Bertz CT molecular complexity index is 1900. The number of aromatic nitrogens is 2. The maximum Gasteiger partial charge on any atom is 0.416 e. The molecule has 4 rings (SSSR count). The normalized spacial score (nSPS) is 16.1. The molecule has 1 fully saturated rings. The van der Waals surface area contributed by atoms with E-state index in [4.69, 9.17) is 22.1 Å². The van der Waals surface area contributed by atoms with Gasteiger partial charge in [-0.3, -0.25) is 19.2 Å². The maximum atomic E-state index is 16.6. The molecule has 276 valence electrons. The summed E-state index contributed by atoms with van der Waals surface area (Å²) in [6.07, 6.45) is -1.77. The standard InChI is InChI=1S/C31H35ClF5N9O5/c1-4-23-24(43-9-11-44(12-10-43)26(48)20(17-39-2)25(38)47)27(49)46(40-3)29(41-16-18-7-13-51-14-8-18)45(23)31(36,37)28(50)42-22-6-5-19(15-21(22)32)30(33,34)35/h5-7,15,17,39H,3-4,8-14,16H2,1-2H3,(H2,38,47)(H,42,50)/b20-17+,41-29?. The number of rotatable bonds is 11. The Kier molecular flexibility index (Phi) is 12.1. The van der Waals surface area contributed by atoms with Gasteiger partial charge in [0, 0.05) is 46.1 Å². The lowest BCUT2D eigenvalue weighted by atomic mass is 10.1. The number of piperazine rings is 1. The molecule has 20 heteroatoms. The SMILES string of the molecule is C=Nn1c(=O)c(N2CCN(C(=O)/C(=C/NC)C(N)=O)CC2)c(CC)n(C(F)(F)C(=O)Nc2ccc(C(F)(F)F)cc2Cl)c1=NCC1=CCOCC1.